The number of rotatable bonds is 2. The highest BCUT2D eigenvalue weighted by Crippen LogP contribution is 2.08. The van der Waals surface area contributed by atoms with Crippen molar-refractivity contribution in [2.45, 2.75) is 0 Å². The molecule has 15 heavy (non-hydrogen) atoms. The van der Waals surface area contributed by atoms with Crippen LogP contribution in [0.1, 0.15) is 0 Å². The second-order valence-electron chi connectivity index (χ2n) is 3.44. The van der Waals surface area contributed by atoms with E-state index in [9.17, 15) is 4.79 Å². The molecule has 5 heteroatoms. The maximum Gasteiger partial charge on any atom is 0.493 e. The van der Waals surface area contributed by atoms with Gasteiger partial charge in [-0.05, 0) is 5.46 Å². The minimum absolute atomic E-state index is 0.203. The lowest BCUT2D eigenvalue weighted by molar-refractivity contribution is -0.145. The number of carbonyl (C=O) groups is 1. The van der Waals surface area contributed by atoms with E-state index in [1.807, 2.05) is 30.3 Å². The van der Waals surface area contributed by atoms with Crippen molar-refractivity contribution in [2.75, 3.05) is 13.2 Å². The van der Waals surface area contributed by atoms with Crippen LogP contribution in [0.3, 0.4) is 0 Å². The molecule has 0 saturated carbocycles. The van der Waals surface area contributed by atoms with Gasteiger partial charge in [-0.3, -0.25) is 4.79 Å². The van der Waals surface area contributed by atoms with Crippen LogP contribution < -0.4 is 5.46 Å². The first-order valence-corrected chi connectivity index (χ1v) is 4.78. The lowest BCUT2D eigenvalue weighted by Gasteiger charge is -2.24. The van der Waals surface area contributed by atoms with E-state index in [4.69, 9.17) is 14.4 Å². The van der Waals surface area contributed by atoms with Crippen LogP contribution in [0.2, 0.25) is 0 Å². The molecule has 0 radical (unpaired) electrons. The molecular weight excluding hydrogens is 195 g/mol. The van der Waals surface area contributed by atoms with E-state index in [0.717, 1.165) is 5.46 Å². The van der Waals surface area contributed by atoms with Crippen LogP contribution in [-0.2, 0) is 14.1 Å². The van der Waals surface area contributed by atoms with Gasteiger partial charge in [-0.2, -0.15) is 0 Å². The molecule has 0 bridgehead atoms. The lowest BCUT2D eigenvalue weighted by atomic mass is 9.77. The molecule has 1 saturated heterocycles. The maximum atomic E-state index is 10.6. The third-order valence-corrected chi connectivity index (χ3v) is 2.32. The van der Waals surface area contributed by atoms with Crippen molar-refractivity contribution in [1.82, 2.24) is 0 Å². The normalized spacial score (nSPS) is 17.7. The zero-order chi connectivity index (χ0) is 10.7. The average molecular weight is 206 g/mol. The summed E-state index contributed by atoms with van der Waals surface area (Å²) in [6.07, 6.45) is 0. The molecule has 1 aliphatic rings. The molecule has 1 heterocycles. The fourth-order valence-corrected chi connectivity index (χ4v) is 1.45. The summed E-state index contributed by atoms with van der Waals surface area (Å²) in [5, 5.41) is 8.74. The van der Waals surface area contributed by atoms with Crippen LogP contribution >= 0.6 is 0 Å². The highest BCUT2D eigenvalue weighted by atomic mass is 16.6. The summed E-state index contributed by atoms with van der Waals surface area (Å²) >= 11 is 0. The number of carboxylic acid groups (broad SMARTS) is 1. The second-order valence-corrected chi connectivity index (χ2v) is 3.44. The van der Waals surface area contributed by atoms with Crippen LogP contribution in [-0.4, -0.2) is 31.4 Å². The number of hydrogen-bond donors (Lipinski definition) is 1. The summed E-state index contributed by atoms with van der Waals surface area (Å²) in [6.45, 7) is 0.407. The van der Waals surface area contributed by atoms with Crippen molar-refractivity contribution < 1.29 is 19.2 Å². The molecule has 0 amide bonds. The van der Waals surface area contributed by atoms with Crippen molar-refractivity contribution >= 4 is 18.6 Å². The number of benzene rings is 1. The Hall–Kier alpha value is -1.33. The van der Waals surface area contributed by atoms with E-state index in [1.165, 1.54) is 0 Å². The van der Waals surface area contributed by atoms with Gasteiger partial charge in [-0.15, -0.1) is 0 Å². The molecule has 78 valence electrons. The Morgan fingerprint density at radius 1 is 1.27 bits per heavy atom. The van der Waals surface area contributed by atoms with Gasteiger partial charge >= 0.3 is 13.1 Å². The molecule has 0 aromatic heterocycles. The molecule has 0 spiro atoms. The summed E-state index contributed by atoms with van der Waals surface area (Å²) < 4.78 is 10.7. The van der Waals surface area contributed by atoms with Crippen LogP contribution in [0, 0.1) is 5.92 Å². The number of carboxylic acids is 1. The largest absolute Gasteiger partial charge is 0.493 e. The molecular formula is C10H11BO4. The summed E-state index contributed by atoms with van der Waals surface area (Å²) in [5.41, 5.74) is 0.918. The average Bonchev–Trinajstić information content (AvgIpc) is 2.30. The molecule has 0 unspecified atom stereocenters. The van der Waals surface area contributed by atoms with E-state index < -0.39 is 19.0 Å². The van der Waals surface area contributed by atoms with Gasteiger partial charge in [-0.1, -0.05) is 30.3 Å². The van der Waals surface area contributed by atoms with Gasteiger partial charge in [0.1, 0.15) is 5.92 Å². The van der Waals surface area contributed by atoms with E-state index in [1.54, 1.807) is 0 Å². The molecule has 0 aliphatic carbocycles. The van der Waals surface area contributed by atoms with E-state index in [-0.39, 0.29) is 13.2 Å². The first-order valence-electron chi connectivity index (χ1n) is 4.78. The standard InChI is InChI=1S/C10H11BO4/c12-10(13)8-6-14-11(15-7-8)9-4-2-1-3-5-9/h1-5,8H,6-7H2,(H,12,13). The van der Waals surface area contributed by atoms with Crippen molar-refractivity contribution in [3.63, 3.8) is 0 Å². The predicted molar refractivity (Wildman–Crippen MR) is 54.9 cm³/mol. The monoisotopic (exact) mass is 206 g/mol. The Labute approximate surface area is 88.0 Å². The van der Waals surface area contributed by atoms with Crippen LogP contribution in [0.25, 0.3) is 0 Å². The predicted octanol–water partition coefficient (Wildman–Crippen LogP) is 0.129. The summed E-state index contributed by atoms with van der Waals surface area (Å²) in [6, 6.07) is 9.49. The van der Waals surface area contributed by atoms with Gasteiger partial charge in [0, 0.05) is 13.2 Å². The van der Waals surface area contributed by atoms with Crippen LogP contribution in [0.4, 0.5) is 0 Å². The third kappa shape index (κ3) is 2.37. The van der Waals surface area contributed by atoms with E-state index >= 15 is 0 Å². The van der Waals surface area contributed by atoms with Gasteiger partial charge in [0.25, 0.3) is 0 Å². The molecule has 1 N–H and O–H groups in total. The topological polar surface area (TPSA) is 55.8 Å². The molecule has 2 rings (SSSR count). The molecule has 4 nitrogen and oxygen atoms in total. The SMILES string of the molecule is O=C(O)C1COB(c2ccccc2)OC1. The van der Waals surface area contributed by atoms with Crippen molar-refractivity contribution in [1.29, 1.82) is 0 Å². The van der Waals surface area contributed by atoms with Crippen molar-refractivity contribution in [3.05, 3.63) is 30.3 Å². The second kappa shape index (κ2) is 4.46. The van der Waals surface area contributed by atoms with Gasteiger partial charge in [0.15, 0.2) is 0 Å². The molecule has 1 aromatic carbocycles. The summed E-state index contributed by atoms with van der Waals surface area (Å²) in [5.74, 6) is -1.42. The highest BCUT2D eigenvalue weighted by molar-refractivity contribution is 6.61. The van der Waals surface area contributed by atoms with Gasteiger partial charge < -0.3 is 14.4 Å². The Kier molecular flexibility index (Phi) is 3.04. The van der Waals surface area contributed by atoms with Crippen molar-refractivity contribution in [3.8, 4) is 0 Å². The highest BCUT2D eigenvalue weighted by Gasteiger charge is 2.32. The molecule has 1 aliphatic heterocycles. The minimum Gasteiger partial charge on any atom is -0.481 e. The quantitative estimate of drug-likeness (QED) is 0.698. The van der Waals surface area contributed by atoms with Gasteiger partial charge in [0.2, 0.25) is 0 Å². The Morgan fingerprint density at radius 2 is 1.87 bits per heavy atom. The van der Waals surface area contributed by atoms with Gasteiger partial charge in [-0.25, -0.2) is 0 Å². The number of aliphatic carboxylic acids is 1. The first-order chi connectivity index (χ1) is 7.27. The molecule has 1 fully saturated rings. The smallest absolute Gasteiger partial charge is 0.481 e. The molecule has 0 atom stereocenters. The fraction of sp³-hybridized carbons (Fsp3) is 0.300. The zero-order valence-electron chi connectivity index (χ0n) is 8.13. The molecule has 1 aromatic rings. The lowest BCUT2D eigenvalue weighted by Crippen LogP contribution is -2.46. The van der Waals surface area contributed by atoms with Crippen molar-refractivity contribution in [2.24, 2.45) is 5.92 Å². The maximum absolute atomic E-state index is 10.6. The van der Waals surface area contributed by atoms with E-state index in [2.05, 4.69) is 0 Å². The fourth-order valence-electron chi connectivity index (χ4n) is 1.45. The number of hydrogen-bond acceptors (Lipinski definition) is 3. The summed E-state index contributed by atoms with van der Waals surface area (Å²) in [4.78, 5) is 10.6. The first kappa shape index (κ1) is 10.2. The Morgan fingerprint density at radius 3 is 2.40 bits per heavy atom. The van der Waals surface area contributed by atoms with Gasteiger partial charge in [0.05, 0.1) is 0 Å². The van der Waals surface area contributed by atoms with Crippen LogP contribution in [0.5, 0.6) is 0 Å². The minimum atomic E-state index is -0.874. The third-order valence-electron chi connectivity index (χ3n) is 2.32. The Balaban J connectivity index is 1.97. The Bertz CT molecular complexity index is 333. The summed E-state index contributed by atoms with van der Waals surface area (Å²) in [7, 11) is -0.429. The zero-order valence-corrected chi connectivity index (χ0v) is 8.13. The van der Waals surface area contributed by atoms with Crippen LogP contribution in [0.15, 0.2) is 30.3 Å². The van der Waals surface area contributed by atoms with E-state index in [0.29, 0.717) is 0 Å².